The molecule has 3 heterocycles. The van der Waals surface area contributed by atoms with Crippen LogP contribution in [-0.4, -0.2) is 33.9 Å². The van der Waals surface area contributed by atoms with Gasteiger partial charge in [-0.15, -0.1) is 0 Å². The van der Waals surface area contributed by atoms with Gasteiger partial charge < -0.3 is 16.4 Å². The molecule has 1 atom stereocenters. The molecule has 1 unspecified atom stereocenters. The van der Waals surface area contributed by atoms with Crippen molar-refractivity contribution >= 4 is 17.5 Å². The van der Waals surface area contributed by atoms with Crippen LogP contribution in [0.3, 0.4) is 0 Å². The first-order chi connectivity index (χ1) is 17.2. The van der Waals surface area contributed by atoms with Crippen LogP contribution in [0.5, 0.6) is 0 Å². The molecule has 3 aromatic rings. The number of hydrogen-bond acceptors (Lipinski definition) is 6. The van der Waals surface area contributed by atoms with E-state index in [4.69, 9.17) is 5.73 Å². The molecule has 0 bridgehead atoms. The van der Waals surface area contributed by atoms with E-state index in [9.17, 15) is 18.0 Å². The molecule has 0 aliphatic carbocycles. The number of benzene rings is 1. The molecule has 190 valence electrons. The normalized spacial score (nSPS) is 15.4. The van der Waals surface area contributed by atoms with Gasteiger partial charge in [0.2, 0.25) is 11.9 Å². The molecule has 2 aromatic heterocycles. The second kappa shape index (κ2) is 11.0. The molecule has 10 heteroatoms. The van der Waals surface area contributed by atoms with E-state index in [1.165, 1.54) is 0 Å². The first-order valence-corrected chi connectivity index (χ1v) is 12.0. The van der Waals surface area contributed by atoms with Crippen LogP contribution in [0, 0.1) is 0 Å². The number of anilines is 2. The number of nitrogens with one attached hydrogen (secondary N) is 2. The number of carbonyl (C=O) groups is 1. The summed E-state index contributed by atoms with van der Waals surface area (Å²) in [6, 6.07) is 10.9. The number of primary amides is 1. The van der Waals surface area contributed by atoms with Gasteiger partial charge in [-0.05, 0) is 69.0 Å². The van der Waals surface area contributed by atoms with E-state index in [0.717, 1.165) is 43.4 Å². The van der Waals surface area contributed by atoms with Crippen molar-refractivity contribution in [2.24, 2.45) is 5.73 Å². The fourth-order valence-electron chi connectivity index (χ4n) is 4.46. The number of aromatic nitrogens is 3. The molecule has 1 saturated heterocycles. The lowest BCUT2D eigenvalue weighted by atomic mass is 9.92. The largest absolute Gasteiger partial charge is 0.419 e. The lowest BCUT2D eigenvalue weighted by Gasteiger charge is -2.22. The molecule has 4 rings (SSSR count). The van der Waals surface area contributed by atoms with Crippen LogP contribution in [0.1, 0.15) is 59.7 Å². The van der Waals surface area contributed by atoms with Gasteiger partial charge in [0.05, 0.1) is 29.1 Å². The molecular weight excluding hydrogens is 469 g/mol. The number of halogens is 3. The maximum Gasteiger partial charge on any atom is 0.419 e. The summed E-state index contributed by atoms with van der Waals surface area (Å²) >= 11 is 0. The average molecular weight is 499 g/mol. The zero-order valence-corrected chi connectivity index (χ0v) is 20.0. The number of amides is 1. The molecule has 7 nitrogen and oxygen atoms in total. The van der Waals surface area contributed by atoms with Crippen LogP contribution in [0.2, 0.25) is 0 Å². The molecule has 1 amide bonds. The van der Waals surface area contributed by atoms with Gasteiger partial charge in [0.25, 0.3) is 0 Å². The van der Waals surface area contributed by atoms with E-state index in [1.54, 1.807) is 37.4 Å². The fraction of sp³-hybridized carbons (Fsp3) is 0.385. The second-order valence-corrected chi connectivity index (χ2v) is 9.00. The Morgan fingerprint density at radius 3 is 2.53 bits per heavy atom. The van der Waals surface area contributed by atoms with E-state index in [1.807, 2.05) is 12.1 Å². The molecule has 1 fully saturated rings. The van der Waals surface area contributed by atoms with Gasteiger partial charge >= 0.3 is 6.18 Å². The second-order valence-electron chi connectivity index (χ2n) is 9.00. The van der Waals surface area contributed by atoms with Gasteiger partial charge in [-0.2, -0.15) is 13.2 Å². The Hall–Kier alpha value is -3.53. The molecule has 36 heavy (non-hydrogen) atoms. The highest BCUT2D eigenvalue weighted by Gasteiger charge is 2.35. The van der Waals surface area contributed by atoms with Crippen molar-refractivity contribution in [3.8, 4) is 0 Å². The van der Waals surface area contributed by atoms with Crippen LogP contribution in [-0.2, 0) is 23.8 Å². The maximum atomic E-state index is 13.7. The van der Waals surface area contributed by atoms with Crippen LogP contribution < -0.4 is 16.4 Å². The zero-order chi connectivity index (χ0) is 25.7. The number of piperidine rings is 1. The van der Waals surface area contributed by atoms with E-state index in [0.29, 0.717) is 17.2 Å². The predicted molar refractivity (Wildman–Crippen MR) is 131 cm³/mol. The van der Waals surface area contributed by atoms with Crippen LogP contribution in [0.15, 0.2) is 48.8 Å². The van der Waals surface area contributed by atoms with Gasteiger partial charge in [-0.3, -0.25) is 9.78 Å². The number of nitrogens with two attached hydrogens (primary N) is 1. The minimum absolute atomic E-state index is 0.0153. The number of carbonyl (C=O) groups excluding carboxylic acids is 1. The molecule has 0 radical (unpaired) electrons. The smallest absolute Gasteiger partial charge is 0.369 e. The van der Waals surface area contributed by atoms with E-state index in [2.05, 4.69) is 25.6 Å². The van der Waals surface area contributed by atoms with Gasteiger partial charge in [0.15, 0.2) is 0 Å². The Kier molecular flexibility index (Phi) is 7.83. The third-order valence-corrected chi connectivity index (χ3v) is 6.55. The Labute approximate surface area is 207 Å². The maximum absolute atomic E-state index is 13.7. The summed E-state index contributed by atoms with van der Waals surface area (Å²) in [6.45, 7) is 3.60. The summed E-state index contributed by atoms with van der Waals surface area (Å²) in [5.41, 5.74) is 7.49. The molecule has 0 saturated carbocycles. The fourth-order valence-corrected chi connectivity index (χ4v) is 4.46. The summed E-state index contributed by atoms with van der Waals surface area (Å²) in [6.07, 6.45) is 0.186. The minimum atomic E-state index is -4.59. The summed E-state index contributed by atoms with van der Waals surface area (Å²) in [4.78, 5) is 24.3. The highest BCUT2D eigenvalue weighted by molar-refractivity contribution is 5.81. The molecule has 1 aliphatic heterocycles. The molecule has 1 aromatic carbocycles. The van der Waals surface area contributed by atoms with Gasteiger partial charge in [-0.25, -0.2) is 9.97 Å². The highest BCUT2D eigenvalue weighted by atomic mass is 19.4. The minimum Gasteiger partial charge on any atom is -0.369 e. The lowest BCUT2D eigenvalue weighted by Crippen LogP contribution is -2.27. The summed E-state index contributed by atoms with van der Waals surface area (Å²) in [5.74, 6) is -0.583. The number of nitrogens with zero attached hydrogens (tertiary/aromatic N) is 3. The number of rotatable bonds is 8. The summed E-state index contributed by atoms with van der Waals surface area (Å²) in [5, 5.41) is 6.30. The SMILES string of the molecule is CC(C(N)=O)c1ccccc1CCc1nc(Nc2ccc(C3CCNCC3)nc2)ncc1C(F)(F)F. The Bertz CT molecular complexity index is 1190. The first-order valence-electron chi connectivity index (χ1n) is 12.0. The van der Waals surface area contributed by atoms with Crippen LogP contribution >= 0.6 is 0 Å². The number of alkyl halides is 3. The quantitative estimate of drug-likeness (QED) is 0.423. The third kappa shape index (κ3) is 6.17. The molecule has 1 aliphatic rings. The predicted octanol–water partition coefficient (Wildman–Crippen LogP) is 4.48. The number of aryl methyl sites for hydroxylation is 2. The molecule has 4 N–H and O–H groups in total. The Morgan fingerprint density at radius 2 is 1.86 bits per heavy atom. The average Bonchev–Trinajstić information content (AvgIpc) is 2.87. The number of hydrogen-bond donors (Lipinski definition) is 3. The van der Waals surface area contributed by atoms with Crippen molar-refractivity contribution in [3.63, 3.8) is 0 Å². The van der Waals surface area contributed by atoms with Gasteiger partial charge in [-0.1, -0.05) is 24.3 Å². The van der Waals surface area contributed by atoms with Crippen molar-refractivity contribution in [1.82, 2.24) is 20.3 Å². The van der Waals surface area contributed by atoms with Crippen LogP contribution in [0.4, 0.5) is 24.8 Å². The van der Waals surface area contributed by atoms with Crippen LogP contribution in [0.25, 0.3) is 0 Å². The summed E-state index contributed by atoms with van der Waals surface area (Å²) < 4.78 is 41.1. The monoisotopic (exact) mass is 498 g/mol. The standard InChI is InChI=1S/C26H29F3N6O/c1-16(24(30)36)20-5-3-2-4-17(20)6-8-23-21(26(27,28)29)15-33-25(35-23)34-19-7-9-22(32-14-19)18-10-12-31-13-11-18/h2-5,7,9,14-16,18,31H,6,8,10-13H2,1H3,(H2,30,36)(H,33,34,35). The topological polar surface area (TPSA) is 106 Å². The first kappa shape index (κ1) is 25.6. The van der Waals surface area contributed by atoms with E-state index < -0.39 is 23.6 Å². The number of pyridine rings is 1. The van der Waals surface area contributed by atoms with E-state index in [-0.39, 0.29) is 24.5 Å². The van der Waals surface area contributed by atoms with E-state index >= 15 is 0 Å². The van der Waals surface area contributed by atoms with Crippen molar-refractivity contribution in [1.29, 1.82) is 0 Å². The Balaban J connectivity index is 1.53. The van der Waals surface area contributed by atoms with Crippen molar-refractivity contribution in [2.45, 2.75) is 50.6 Å². The highest BCUT2D eigenvalue weighted by Crippen LogP contribution is 2.33. The van der Waals surface area contributed by atoms with Crippen molar-refractivity contribution in [3.05, 3.63) is 76.9 Å². The van der Waals surface area contributed by atoms with Crippen molar-refractivity contribution in [2.75, 3.05) is 18.4 Å². The summed E-state index contributed by atoms with van der Waals surface area (Å²) in [7, 11) is 0. The zero-order valence-electron chi connectivity index (χ0n) is 20.0. The molecular formula is C26H29F3N6O. The third-order valence-electron chi connectivity index (χ3n) is 6.55. The lowest BCUT2D eigenvalue weighted by molar-refractivity contribution is -0.138. The van der Waals surface area contributed by atoms with Crippen molar-refractivity contribution < 1.29 is 18.0 Å². The van der Waals surface area contributed by atoms with Gasteiger partial charge in [0, 0.05) is 17.8 Å². The Morgan fingerprint density at radius 1 is 1.11 bits per heavy atom. The molecule has 0 spiro atoms. The van der Waals surface area contributed by atoms with Gasteiger partial charge in [0.1, 0.15) is 0 Å².